The van der Waals surface area contributed by atoms with E-state index < -0.39 is 5.60 Å². The van der Waals surface area contributed by atoms with E-state index in [2.05, 4.69) is 19.1 Å². The van der Waals surface area contributed by atoms with Gasteiger partial charge in [0.25, 0.3) is 0 Å². The van der Waals surface area contributed by atoms with Gasteiger partial charge in [0.05, 0.1) is 5.60 Å². The summed E-state index contributed by atoms with van der Waals surface area (Å²) in [6, 6.07) is 8.30. The Morgan fingerprint density at radius 2 is 1.71 bits per heavy atom. The lowest BCUT2D eigenvalue weighted by Crippen LogP contribution is -2.19. The fourth-order valence-electron chi connectivity index (χ4n) is 1.52. The Labute approximate surface area is 86.8 Å². The monoisotopic (exact) mass is 192 g/mol. The second-order valence-corrected chi connectivity index (χ2v) is 4.07. The lowest BCUT2D eigenvalue weighted by Gasteiger charge is -2.21. The summed E-state index contributed by atoms with van der Waals surface area (Å²) < 4.78 is 0. The Morgan fingerprint density at radius 3 is 2.14 bits per heavy atom. The predicted molar refractivity (Wildman–Crippen MR) is 60.3 cm³/mol. The quantitative estimate of drug-likeness (QED) is 0.776. The first-order valence-corrected chi connectivity index (χ1v) is 5.42. The number of aliphatic hydroxyl groups is 1. The fourth-order valence-corrected chi connectivity index (χ4v) is 1.52. The summed E-state index contributed by atoms with van der Waals surface area (Å²) in [6.45, 7) is 6.04. The molecular weight excluding hydrogens is 172 g/mol. The molecule has 0 aromatic heterocycles. The van der Waals surface area contributed by atoms with E-state index in [0.29, 0.717) is 0 Å². The molecule has 0 aliphatic heterocycles. The second kappa shape index (κ2) is 4.61. The Balaban J connectivity index is 2.82. The maximum absolute atomic E-state index is 10.0. The van der Waals surface area contributed by atoms with Gasteiger partial charge >= 0.3 is 0 Å². The molecule has 0 fully saturated rings. The summed E-state index contributed by atoms with van der Waals surface area (Å²) >= 11 is 0. The minimum absolute atomic E-state index is 0.676. The molecular formula is C13H20O. The van der Waals surface area contributed by atoms with E-state index in [-0.39, 0.29) is 0 Å². The van der Waals surface area contributed by atoms with Crippen LogP contribution in [-0.4, -0.2) is 5.11 Å². The third kappa shape index (κ3) is 2.58. The van der Waals surface area contributed by atoms with E-state index in [1.54, 1.807) is 0 Å². The summed E-state index contributed by atoms with van der Waals surface area (Å²) in [4.78, 5) is 0. The number of rotatable bonds is 4. The van der Waals surface area contributed by atoms with Crippen molar-refractivity contribution >= 4 is 0 Å². The third-order valence-electron chi connectivity index (χ3n) is 2.80. The molecule has 1 atom stereocenters. The van der Waals surface area contributed by atoms with Gasteiger partial charge < -0.3 is 5.11 Å². The fraction of sp³-hybridized carbons (Fsp3) is 0.538. The van der Waals surface area contributed by atoms with Crippen LogP contribution in [0.1, 0.15) is 44.7 Å². The van der Waals surface area contributed by atoms with Gasteiger partial charge in [0, 0.05) is 0 Å². The summed E-state index contributed by atoms with van der Waals surface area (Å²) in [6.07, 6.45) is 3.04. The molecule has 0 aliphatic rings. The molecule has 1 aromatic carbocycles. The van der Waals surface area contributed by atoms with E-state index in [1.165, 1.54) is 12.0 Å². The Bertz CT molecular complexity index is 272. The van der Waals surface area contributed by atoms with Gasteiger partial charge in [-0.15, -0.1) is 0 Å². The molecule has 1 rings (SSSR count). The van der Waals surface area contributed by atoms with Crippen LogP contribution in [0.25, 0.3) is 0 Å². The normalized spacial score (nSPS) is 15.1. The van der Waals surface area contributed by atoms with Crippen LogP contribution in [0.3, 0.4) is 0 Å². The van der Waals surface area contributed by atoms with Gasteiger partial charge in [0.1, 0.15) is 0 Å². The lowest BCUT2D eigenvalue weighted by molar-refractivity contribution is 0.0531. The molecule has 0 saturated heterocycles. The molecule has 1 N–H and O–H groups in total. The molecule has 0 aliphatic carbocycles. The zero-order chi connectivity index (χ0) is 10.6. The van der Waals surface area contributed by atoms with Crippen molar-refractivity contribution in [3.05, 3.63) is 35.4 Å². The van der Waals surface area contributed by atoms with Crippen LogP contribution in [0.4, 0.5) is 0 Å². The van der Waals surface area contributed by atoms with Crippen molar-refractivity contribution < 1.29 is 5.11 Å². The number of benzene rings is 1. The molecule has 0 saturated carbocycles. The average Bonchev–Trinajstić information content (AvgIpc) is 2.19. The molecule has 0 bridgehead atoms. The van der Waals surface area contributed by atoms with Crippen molar-refractivity contribution in [2.45, 2.75) is 45.6 Å². The zero-order valence-corrected chi connectivity index (χ0v) is 9.38. The van der Waals surface area contributed by atoms with Gasteiger partial charge in [-0.2, -0.15) is 0 Å². The van der Waals surface area contributed by atoms with Crippen molar-refractivity contribution in [1.82, 2.24) is 0 Å². The summed E-state index contributed by atoms with van der Waals surface area (Å²) in [7, 11) is 0. The average molecular weight is 192 g/mol. The topological polar surface area (TPSA) is 20.2 Å². The van der Waals surface area contributed by atoms with Crippen molar-refractivity contribution in [3.63, 3.8) is 0 Å². The molecule has 78 valence electrons. The molecule has 1 aromatic rings. The molecule has 1 heteroatoms. The summed E-state index contributed by atoms with van der Waals surface area (Å²) in [5.41, 5.74) is 1.69. The lowest BCUT2D eigenvalue weighted by atomic mass is 9.92. The minimum atomic E-state index is -0.676. The van der Waals surface area contributed by atoms with Crippen LogP contribution in [0.15, 0.2) is 24.3 Å². The first kappa shape index (κ1) is 11.3. The highest BCUT2D eigenvalue weighted by Crippen LogP contribution is 2.24. The van der Waals surface area contributed by atoms with Crippen LogP contribution in [0, 0.1) is 0 Å². The Hall–Kier alpha value is -0.820. The second-order valence-electron chi connectivity index (χ2n) is 4.07. The standard InChI is InChI=1S/C13H20O/c1-4-6-11-7-9-12(10-8-11)13(3,14)5-2/h7-10,14H,4-6H2,1-3H3/t13-/m1/s1. The third-order valence-corrected chi connectivity index (χ3v) is 2.80. The number of hydrogen-bond acceptors (Lipinski definition) is 1. The molecule has 14 heavy (non-hydrogen) atoms. The molecule has 0 unspecified atom stereocenters. The van der Waals surface area contributed by atoms with Gasteiger partial charge in [0.15, 0.2) is 0 Å². The first-order valence-electron chi connectivity index (χ1n) is 5.42. The predicted octanol–water partition coefficient (Wildman–Crippen LogP) is 3.26. The van der Waals surface area contributed by atoms with Crippen molar-refractivity contribution in [3.8, 4) is 0 Å². The van der Waals surface area contributed by atoms with Crippen molar-refractivity contribution in [1.29, 1.82) is 0 Å². The first-order chi connectivity index (χ1) is 6.60. The minimum Gasteiger partial charge on any atom is -0.385 e. The maximum Gasteiger partial charge on any atom is 0.0865 e. The van der Waals surface area contributed by atoms with Gasteiger partial charge in [-0.1, -0.05) is 44.5 Å². The van der Waals surface area contributed by atoms with E-state index in [1.807, 2.05) is 26.0 Å². The largest absolute Gasteiger partial charge is 0.385 e. The molecule has 0 radical (unpaired) electrons. The molecule has 0 amide bonds. The van der Waals surface area contributed by atoms with E-state index in [9.17, 15) is 5.11 Å². The zero-order valence-electron chi connectivity index (χ0n) is 9.38. The number of aryl methyl sites for hydroxylation is 1. The van der Waals surface area contributed by atoms with E-state index in [4.69, 9.17) is 0 Å². The van der Waals surface area contributed by atoms with Gasteiger partial charge in [-0.05, 0) is 30.9 Å². The van der Waals surface area contributed by atoms with Gasteiger partial charge in [-0.25, -0.2) is 0 Å². The van der Waals surface area contributed by atoms with Gasteiger partial charge in [0.2, 0.25) is 0 Å². The summed E-state index contributed by atoms with van der Waals surface area (Å²) in [5, 5.41) is 10.0. The van der Waals surface area contributed by atoms with Crippen LogP contribution >= 0.6 is 0 Å². The van der Waals surface area contributed by atoms with Crippen LogP contribution in [0.5, 0.6) is 0 Å². The number of hydrogen-bond donors (Lipinski definition) is 1. The molecule has 1 nitrogen and oxygen atoms in total. The maximum atomic E-state index is 10.0. The van der Waals surface area contributed by atoms with E-state index >= 15 is 0 Å². The molecule has 0 heterocycles. The van der Waals surface area contributed by atoms with Crippen LogP contribution < -0.4 is 0 Å². The highest BCUT2D eigenvalue weighted by atomic mass is 16.3. The smallest absolute Gasteiger partial charge is 0.0865 e. The van der Waals surface area contributed by atoms with Crippen molar-refractivity contribution in [2.24, 2.45) is 0 Å². The molecule has 0 spiro atoms. The van der Waals surface area contributed by atoms with Crippen LogP contribution in [-0.2, 0) is 12.0 Å². The highest BCUT2D eigenvalue weighted by Gasteiger charge is 2.19. The SMILES string of the molecule is CCCc1ccc([C@](C)(O)CC)cc1. The van der Waals surface area contributed by atoms with Crippen LogP contribution in [0.2, 0.25) is 0 Å². The van der Waals surface area contributed by atoms with Crippen molar-refractivity contribution in [2.75, 3.05) is 0 Å². The Morgan fingerprint density at radius 1 is 1.14 bits per heavy atom. The van der Waals surface area contributed by atoms with E-state index in [0.717, 1.165) is 18.4 Å². The Kier molecular flexibility index (Phi) is 3.70. The summed E-state index contributed by atoms with van der Waals surface area (Å²) in [5.74, 6) is 0. The highest BCUT2D eigenvalue weighted by molar-refractivity contribution is 5.26. The van der Waals surface area contributed by atoms with Gasteiger partial charge in [-0.3, -0.25) is 0 Å².